The zero-order valence-electron chi connectivity index (χ0n) is 13.2. The van der Waals surface area contributed by atoms with Crippen molar-refractivity contribution in [1.29, 1.82) is 0 Å². The number of hydrogen-bond acceptors (Lipinski definition) is 5. The van der Waals surface area contributed by atoms with Crippen LogP contribution in [0.1, 0.15) is 28.9 Å². The number of benzene rings is 1. The summed E-state index contributed by atoms with van der Waals surface area (Å²) in [5, 5.41) is 4.46. The van der Waals surface area contributed by atoms with Gasteiger partial charge in [-0.15, -0.1) is 0 Å². The van der Waals surface area contributed by atoms with E-state index in [1.165, 1.54) is 0 Å². The first kappa shape index (κ1) is 15.1. The van der Waals surface area contributed by atoms with Crippen molar-refractivity contribution in [3.63, 3.8) is 0 Å². The third-order valence-corrected chi connectivity index (χ3v) is 4.36. The zero-order chi connectivity index (χ0) is 16.8. The molecular weight excluding hydrogens is 374 g/mol. The molecule has 0 aliphatic carbocycles. The van der Waals surface area contributed by atoms with E-state index in [1.54, 1.807) is 17.9 Å². The number of ether oxygens (including phenoxy) is 1. The van der Waals surface area contributed by atoms with Gasteiger partial charge in [-0.05, 0) is 32.0 Å². The predicted octanol–water partition coefficient (Wildman–Crippen LogP) is 2.74. The Balaban J connectivity index is 1.99. The second-order valence-corrected chi connectivity index (χ2v) is 6.35. The summed E-state index contributed by atoms with van der Waals surface area (Å²) in [5.41, 5.74) is 2.88. The van der Waals surface area contributed by atoms with E-state index in [-0.39, 0.29) is 0 Å². The molecule has 1 aliphatic heterocycles. The topological polar surface area (TPSA) is 74.8 Å². The minimum atomic E-state index is -0.426. The Morgan fingerprint density at radius 3 is 3.04 bits per heavy atom. The van der Waals surface area contributed by atoms with E-state index in [4.69, 9.17) is 4.74 Å². The number of esters is 1. The van der Waals surface area contributed by atoms with Crippen LogP contribution in [-0.2, 0) is 11.3 Å². The maximum Gasteiger partial charge on any atom is 0.358 e. The molecule has 0 radical (unpaired) electrons. The molecule has 1 aromatic carbocycles. The van der Waals surface area contributed by atoms with E-state index in [0.29, 0.717) is 24.7 Å². The smallest absolute Gasteiger partial charge is 0.358 e. The lowest BCUT2D eigenvalue weighted by Gasteiger charge is -2.09. The summed E-state index contributed by atoms with van der Waals surface area (Å²) < 4.78 is 9.77. The van der Waals surface area contributed by atoms with E-state index in [9.17, 15) is 4.79 Å². The number of carbonyl (C=O) groups is 1. The van der Waals surface area contributed by atoms with Gasteiger partial charge >= 0.3 is 5.97 Å². The number of hydrogen-bond donors (Lipinski definition) is 0. The van der Waals surface area contributed by atoms with Gasteiger partial charge in [-0.3, -0.25) is 4.57 Å². The highest BCUT2D eigenvalue weighted by Crippen LogP contribution is 2.33. The van der Waals surface area contributed by atoms with E-state index in [0.717, 1.165) is 27.2 Å². The molecule has 3 aromatic rings. The average molecular weight is 388 g/mol. The van der Waals surface area contributed by atoms with Gasteiger partial charge in [-0.2, -0.15) is 5.10 Å². The first-order valence-corrected chi connectivity index (χ1v) is 8.33. The highest BCUT2D eigenvalue weighted by atomic mass is 79.9. The lowest BCUT2D eigenvalue weighted by Crippen LogP contribution is -2.12. The normalized spacial score (nSPS) is 12.1. The molecule has 0 fully saturated rings. The Morgan fingerprint density at radius 1 is 1.42 bits per heavy atom. The molecule has 0 saturated heterocycles. The first-order chi connectivity index (χ1) is 11.6. The maximum atomic E-state index is 12.2. The molecule has 24 heavy (non-hydrogen) atoms. The highest BCUT2D eigenvalue weighted by Gasteiger charge is 2.27. The third kappa shape index (κ3) is 2.25. The number of fused-ring (bicyclic) bond motifs is 5. The quantitative estimate of drug-likeness (QED) is 0.494. The molecule has 0 amide bonds. The van der Waals surface area contributed by atoms with Crippen LogP contribution in [0, 0.1) is 6.92 Å². The molecule has 0 N–H and O–H groups in total. The van der Waals surface area contributed by atoms with Crippen molar-refractivity contribution in [3.8, 4) is 17.1 Å². The van der Waals surface area contributed by atoms with Crippen LogP contribution in [0.5, 0.6) is 0 Å². The summed E-state index contributed by atoms with van der Waals surface area (Å²) in [6.45, 7) is 4.33. The number of carbonyl (C=O) groups excluding carboxylic acids is 1. The van der Waals surface area contributed by atoms with Crippen LogP contribution in [-0.4, -0.2) is 36.9 Å². The van der Waals surface area contributed by atoms with Gasteiger partial charge in [-0.1, -0.05) is 15.9 Å². The standard InChI is InChI=1S/C16H14BrN5O2/c1-3-24-16(23)14-13-7-22-15(19-9(2)20-22)11-6-10(17)4-5-12(11)21(13)8-18-14/h4-6,8H,3,7H2,1-2H3. The van der Waals surface area contributed by atoms with Crippen molar-refractivity contribution in [2.75, 3.05) is 6.61 Å². The fourth-order valence-corrected chi connectivity index (χ4v) is 3.27. The highest BCUT2D eigenvalue weighted by molar-refractivity contribution is 9.10. The molecule has 0 saturated carbocycles. The van der Waals surface area contributed by atoms with Gasteiger partial charge in [-0.25, -0.2) is 19.4 Å². The molecular formula is C16H14BrN5O2. The third-order valence-electron chi connectivity index (χ3n) is 3.87. The van der Waals surface area contributed by atoms with E-state index < -0.39 is 5.97 Å². The molecule has 4 rings (SSSR count). The monoisotopic (exact) mass is 387 g/mol. The summed E-state index contributed by atoms with van der Waals surface area (Å²) >= 11 is 3.51. The van der Waals surface area contributed by atoms with Gasteiger partial charge in [0.15, 0.2) is 11.5 Å². The van der Waals surface area contributed by atoms with E-state index in [2.05, 4.69) is 31.0 Å². The van der Waals surface area contributed by atoms with Crippen LogP contribution in [0.3, 0.4) is 0 Å². The SMILES string of the molecule is CCOC(=O)c1ncn2c1Cn1nc(C)nc1-c1cc(Br)ccc1-2. The van der Waals surface area contributed by atoms with Crippen molar-refractivity contribution in [3.05, 3.63) is 46.2 Å². The molecule has 0 spiro atoms. The van der Waals surface area contributed by atoms with Crippen LogP contribution < -0.4 is 0 Å². The lowest BCUT2D eigenvalue weighted by atomic mass is 10.1. The van der Waals surface area contributed by atoms with Crippen molar-refractivity contribution >= 4 is 21.9 Å². The predicted molar refractivity (Wildman–Crippen MR) is 90.1 cm³/mol. The molecule has 122 valence electrons. The number of aromatic nitrogens is 5. The maximum absolute atomic E-state index is 12.2. The number of nitrogens with zero attached hydrogens (tertiary/aromatic N) is 5. The minimum Gasteiger partial charge on any atom is -0.461 e. The Morgan fingerprint density at radius 2 is 2.25 bits per heavy atom. The van der Waals surface area contributed by atoms with Crippen LogP contribution in [0.25, 0.3) is 17.1 Å². The summed E-state index contributed by atoms with van der Waals surface area (Å²) in [7, 11) is 0. The average Bonchev–Trinajstić information content (AvgIpc) is 3.09. The largest absolute Gasteiger partial charge is 0.461 e. The summed E-state index contributed by atoms with van der Waals surface area (Å²) in [5.74, 6) is 1.02. The molecule has 7 nitrogen and oxygen atoms in total. The van der Waals surface area contributed by atoms with Crippen LogP contribution in [0.15, 0.2) is 29.0 Å². The zero-order valence-corrected chi connectivity index (χ0v) is 14.7. The van der Waals surface area contributed by atoms with Crippen molar-refractivity contribution in [2.45, 2.75) is 20.4 Å². The molecule has 2 aromatic heterocycles. The van der Waals surface area contributed by atoms with Crippen LogP contribution in [0.4, 0.5) is 0 Å². The number of rotatable bonds is 2. The fraction of sp³-hybridized carbons (Fsp3) is 0.250. The van der Waals surface area contributed by atoms with Gasteiger partial charge in [0.25, 0.3) is 0 Å². The lowest BCUT2D eigenvalue weighted by molar-refractivity contribution is 0.0518. The molecule has 0 bridgehead atoms. The summed E-state index contributed by atoms with van der Waals surface area (Å²) in [6.07, 6.45) is 1.65. The summed E-state index contributed by atoms with van der Waals surface area (Å²) in [4.78, 5) is 21.0. The second-order valence-electron chi connectivity index (χ2n) is 5.43. The van der Waals surface area contributed by atoms with E-state index in [1.807, 2.05) is 29.7 Å². The Hall–Kier alpha value is -2.48. The van der Waals surface area contributed by atoms with Crippen molar-refractivity contribution < 1.29 is 9.53 Å². The molecule has 3 heterocycles. The second kappa shape index (κ2) is 5.55. The number of aryl methyl sites for hydroxylation is 1. The molecule has 8 heteroatoms. The first-order valence-electron chi connectivity index (χ1n) is 7.53. The van der Waals surface area contributed by atoms with Gasteiger partial charge in [0.1, 0.15) is 12.2 Å². The summed E-state index contributed by atoms with van der Waals surface area (Å²) in [6, 6.07) is 5.92. The Labute approximate surface area is 146 Å². The number of halogens is 1. The van der Waals surface area contributed by atoms with Crippen molar-refractivity contribution in [2.24, 2.45) is 0 Å². The number of imidazole rings is 1. The fourth-order valence-electron chi connectivity index (χ4n) is 2.91. The van der Waals surface area contributed by atoms with Crippen LogP contribution >= 0.6 is 15.9 Å². The van der Waals surface area contributed by atoms with Gasteiger partial charge in [0.05, 0.1) is 24.5 Å². The van der Waals surface area contributed by atoms with Gasteiger partial charge in [0.2, 0.25) is 0 Å². The van der Waals surface area contributed by atoms with Crippen LogP contribution in [0.2, 0.25) is 0 Å². The minimum absolute atomic E-state index is 0.308. The molecule has 0 unspecified atom stereocenters. The molecule has 1 aliphatic rings. The molecule has 0 atom stereocenters. The van der Waals surface area contributed by atoms with Gasteiger partial charge in [0, 0.05) is 10.0 Å². The Bertz CT molecular complexity index is 960. The van der Waals surface area contributed by atoms with Gasteiger partial charge < -0.3 is 4.74 Å². The van der Waals surface area contributed by atoms with E-state index >= 15 is 0 Å². The Kier molecular flexibility index (Phi) is 3.49. The van der Waals surface area contributed by atoms with Crippen molar-refractivity contribution in [1.82, 2.24) is 24.3 Å².